The quantitative estimate of drug-likeness (QED) is 0.375. The summed E-state index contributed by atoms with van der Waals surface area (Å²) < 4.78 is 17.4. The van der Waals surface area contributed by atoms with Crippen LogP contribution in [0.5, 0.6) is 0 Å². The minimum Gasteiger partial charge on any atom is -0.385 e. The van der Waals surface area contributed by atoms with E-state index in [1.54, 1.807) is 12.3 Å². The zero-order chi connectivity index (χ0) is 16.4. The van der Waals surface area contributed by atoms with Gasteiger partial charge in [0.25, 0.3) is 5.56 Å². The van der Waals surface area contributed by atoms with E-state index < -0.39 is 37.9 Å². The van der Waals surface area contributed by atoms with E-state index in [-0.39, 0.29) is 18.2 Å². The summed E-state index contributed by atoms with van der Waals surface area (Å²) in [5.41, 5.74) is 5.45. The average Bonchev–Trinajstić information content (AvgIpc) is 3.00. The molecule has 2 aromatic rings. The van der Waals surface area contributed by atoms with Crippen LogP contribution in [0.4, 0.5) is 5.95 Å². The number of fused-ring (bicyclic) bond motifs is 2. The molecule has 3 unspecified atom stereocenters. The normalized spacial score (nSPS) is 37.1. The summed E-state index contributed by atoms with van der Waals surface area (Å²) in [4.78, 5) is 28.0. The van der Waals surface area contributed by atoms with E-state index >= 15 is 0 Å². The number of aromatic nitrogens is 3. The molecule has 2 fully saturated rings. The Balaban J connectivity index is 1.73. The van der Waals surface area contributed by atoms with Crippen LogP contribution in [0.2, 0.25) is 0 Å². The lowest BCUT2D eigenvalue weighted by Gasteiger charge is -2.27. The lowest BCUT2D eigenvalue weighted by atomic mass is 10.1. The van der Waals surface area contributed by atoms with E-state index in [2.05, 4.69) is 9.97 Å². The monoisotopic (exact) mass is 339 g/mol. The molecule has 0 spiro atoms. The highest BCUT2D eigenvalue weighted by Crippen LogP contribution is 2.58. The smallest absolute Gasteiger partial charge is 0.385 e. The Kier molecular flexibility index (Phi) is 3.28. The van der Waals surface area contributed by atoms with Crippen molar-refractivity contribution in [2.45, 2.75) is 24.5 Å². The maximum absolute atomic E-state index is 11.9. The summed E-state index contributed by atoms with van der Waals surface area (Å²) in [7, 11) is 2.01. The van der Waals surface area contributed by atoms with Gasteiger partial charge >= 0.3 is 15.4 Å². The molecule has 0 bridgehead atoms. The fraction of sp³-hybridized carbons (Fsp3) is 0.455. The van der Waals surface area contributed by atoms with Gasteiger partial charge in [-0.25, -0.2) is 4.89 Å². The van der Waals surface area contributed by atoms with Gasteiger partial charge in [-0.1, -0.05) is 0 Å². The zero-order valence-electron chi connectivity index (χ0n) is 11.7. The Bertz CT molecular complexity index is 824. The number of anilines is 1. The molecule has 0 saturated carbocycles. The van der Waals surface area contributed by atoms with Crippen LogP contribution in [0.3, 0.4) is 0 Å². The number of aliphatic hydroxyl groups is 1. The molecule has 2 saturated heterocycles. The predicted octanol–water partition coefficient (Wildman–Crippen LogP) is -1.18. The molecule has 2 aromatic heterocycles. The van der Waals surface area contributed by atoms with Crippen molar-refractivity contribution in [3.63, 3.8) is 0 Å². The third-order valence-corrected chi connectivity index (χ3v) is 4.94. The van der Waals surface area contributed by atoms with Gasteiger partial charge in [-0.05, 0) is 6.07 Å². The third kappa shape index (κ3) is 2.37. The molecule has 2 radical (unpaired) electrons. The van der Waals surface area contributed by atoms with Crippen molar-refractivity contribution < 1.29 is 23.8 Å². The number of hydrogen-bond acceptors (Lipinski definition) is 8. The number of nitrogens with one attached hydrogen (secondary N) is 1. The van der Waals surface area contributed by atoms with Crippen molar-refractivity contribution in [2.24, 2.45) is 0 Å². The van der Waals surface area contributed by atoms with E-state index in [9.17, 15) is 14.8 Å². The molecule has 23 heavy (non-hydrogen) atoms. The van der Waals surface area contributed by atoms with Crippen LogP contribution in [0.15, 0.2) is 17.1 Å². The van der Waals surface area contributed by atoms with Crippen molar-refractivity contribution in [3.05, 3.63) is 22.6 Å². The number of aromatic amines is 1. The molecule has 4 heterocycles. The second-order valence-electron chi connectivity index (χ2n) is 5.40. The first-order valence-corrected chi connectivity index (χ1v) is 8.43. The fourth-order valence-electron chi connectivity index (χ4n) is 2.86. The number of aliphatic hydroxyl groups excluding tert-OH is 1. The Morgan fingerprint density at radius 3 is 3.13 bits per heavy atom. The van der Waals surface area contributed by atoms with Gasteiger partial charge in [-0.15, -0.1) is 0 Å². The van der Waals surface area contributed by atoms with E-state index in [0.29, 0.717) is 5.39 Å². The van der Waals surface area contributed by atoms with Gasteiger partial charge in [-0.2, -0.15) is 14.0 Å². The summed E-state index contributed by atoms with van der Waals surface area (Å²) in [6.07, 6.45) is -1.89. The molecule has 5 N–H and O–H groups in total. The number of nitrogens with zero attached hydrogens (tertiary/aromatic N) is 2. The average molecular weight is 339 g/mol. The van der Waals surface area contributed by atoms with Gasteiger partial charge in [0.05, 0.1) is 5.39 Å². The van der Waals surface area contributed by atoms with Gasteiger partial charge in [0, 0.05) is 6.20 Å². The van der Waals surface area contributed by atoms with Crippen molar-refractivity contribution in [1.29, 1.82) is 0 Å². The molecule has 0 aliphatic carbocycles. The van der Waals surface area contributed by atoms with Gasteiger partial charge in [-0.3, -0.25) is 9.78 Å². The maximum Gasteiger partial charge on any atom is 0.488 e. The number of nitrogens with two attached hydrogens (primary N) is 1. The fourth-order valence-corrected chi connectivity index (χ4v) is 3.89. The number of rotatable bonds is 1. The third-order valence-electron chi connectivity index (χ3n) is 3.88. The standard InChI is InChI=1S/C11H13BN4O6P/c12-23(19)20-3-5-7(22-23)6(17)10(21-5)16-2-1-4-8(16)14-11(13)15-9(4)18/h1-2,5-7,10,17,19H,3H2,(H3,13,14,15,18)/q+1/t5-,6?,7-,10?,23?/m1/s1. The largest absolute Gasteiger partial charge is 0.488 e. The van der Waals surface area contributed by atoms with Gasteiger partial charge in [0.1, 0.15) is 18.8 Å². The minimum atomic E-state index is -3.45. The Labute approximate surface area is 131 Å². The molecular formula is C11H13BN4O6P+. The summed E-state index contributed by atoms with van der Waals surface area (Å²) in [5, 5.41) is 10.8. The molecule has 12 heteroatoms. The maximum atomic E-state index is 11.9. The minimum absolute atomic E-state index is 0.00560. The number of ether oxygens (including phenoxy) is 1. The number of nitrogen functional groups attached to an aromatic ring is 1. The van der Waals surface area contributed by atoms with Crippen LogP contribution in [0.1, 0.15) is 6.23 Å². The first-order valence-electron chi connectivity index (χ1n) is 6.79. The first kappa shape index (κ1) is 15.1. The van der Waals surface area contributed by atoms with Crippen LogP contribution in [0.25, 0.3) is 11.0 Å². The predicted molar refractivity (Wildman–Crippen MR) is 80.4 cm³/mol. The highest BCUT2D eigenvalue weighted by Gasteiger charge is 2.56. The topological polar surface area (TPSA) is 145 Å². The van der Waals surface area contributed by atoms with Gasteiger partial charge < -0.3 is 20.1 Å². The Morgan fingerprint density at radius 2 is 2.35 bits per heavy atom. The van der Waals surface area contributed by atoms with Crippen molar-refractivity contribution in [3.8, 4) is 0 Å². The number of hydrogen-bond donors (Lipinski definition) is 4. The van der Waals surface area contributed by atoms with Crippen LogP contribution in [0, 0.1) is 0 Å². The van der Waals surface area contributed by atoms with Crippen LogP contribution < -0.4 is 11.3 Å². The molecule has 120 valence electrons. The van der Waals surface area contributed by atoms with Gasteiger partial charge in [0.15, 0.2) is 18.0 Å². The lowest BCUT2D eigenvalue weighted by Crippen LogP contribution is -2.40. The molecule has 0 amide bonds. The van der Waals surface area contributed by atoms with Crippen LogP contribution >= 0.6 is 7.82 Å². The summed E-state index contributed by atoms with van der Waals surface area (Å²) >= 11 is 0. The lowest BCUT2D eigenvalue weighted by molar-refractivity contribution is -0.0601. The van der Waals surface area contributed by atoms with Crippen LogP contribution in [-0.4, -0.2) is 57.0 Å². The van der Waals surface area contributed by atoms with Crippen molar-refractivity contribution in [2.75, 3.05) is 12.3 Å². The van der Waals surface area contributed by atoms with E-state index in [1.165, 1.54) is 4.57 Å². The Morgan fingerprint density at radius 1 is 1.57 bits per heavy atom. The van der Waals surface area contributed by atoms with E-state index in [1.807, 2.05) is 0 Å². The SMILES string of the molecule is [B][P+]1(O)OC[C@H]2OC(n3ccc4c(=O)[nH]c(N)nc43)C(O)[C@@H]2O1. The van der Waals surface area contributed by atoms with Crippen molar-refractivity contribution >= 4 is 32.4 Å². The van der Waals surface area contributed by atoms with E-state index in [0.717, 1.165) is 0 Å². The summed E-state index contributed by atoms with van der Waals surface area (Å²) in [5.74, 6) is -0.0470. The second kappa shape index (κ2) is 5.00. The highest BCUT2D eigenvalue weighted by atomic mass is 31.2. The summed E-state index contributed by atoms with van der Waals surface area (Å²) in [6, 6.07) is 1.54. The molecule has 4 rings (SSSR count). The van der Waals surface area contributed by atoms with E-state index in [4.69, 9.17) is 27.1 Å². The second-order valence-corrected chi connectivity index (χ2v) is 6.99. The Hall–Kier alpha value is -1.49. The first-order chi connectivity index (χ1) is 10.9. The zero-order valence-corrected chi connectivity index (χ0v) is 12.6. The molecule has 5 atom stereocenters. The molecular weight excluding hydrogens is 326 g/mol. The highest BCUT2D eigenvalue weighted by molar-refractivity contribution is 7.85. The summed E-state index contributed by atoms with van der Waals surface area (Å²) in [6.45, 7) is -0.00560. The van der Waals surface area contributed by atoms with Crippen LogP contribution in [-0.2, 0) is 13.8 Å². The molecule has 2 aliphatic rings. The van der Waals surface area contributed by atoms with Gasteiger partial charge in [0.2, 0.25) is 5.95 Å². The molecule has 2 aliphatic heterocycles. The number of H-pyrrole nitrogens is 1. The molecule has 0 aromatic carbocycles. The van der Waals surface area contributed by atoms with Crippen molar-refractivity contribution in [1.82, 2.24) is 14.5 Å². The molecule has 10 nitrogen and oxygen atoms in total.